The molecule has 1 saturated heterocycles. The molecule has 4 aromatic rings. The fourth-order valence-corrected chi connectivity index (χ4v) is 4.19. The summed E-state index contributed by atoms with van der Waals surface area (Å²) in [6.07, 6.45) is 0. The highest BCUT2D eigenvalue weighted by Gasteiger charge is 2.22. The number of hydrogen-bond donors (Lipinski definition) is 2. The third-order valence-corrected chi connectivity index (χ3v) is 5.99. The summed E-state index contributed by atoms with van der Waals surface area (Å²) >= 11 is 6.29. The predicted octanol–water partition coefficient (Wildman–Crippen LogP) is 4.88. The molecule has 1 aliphatic rings. The van der Waals surface area contributed by atoms with Crippen LogP contribution in [0.4, 0.5) is 17.1 Å². The van der Waals surface area contributed by atoms with Crippen LogP contribution in [0.5, 0.6) is 0 Å². The summed E-state index contributed by atoms with van der Waals surface area (Å²) in [5, 5.41) is 14.8. The van der Waals surface area contributed by atoms with E-state index < -0.39 is 10.8 Å². The first-order chi connectivity index (χ1) is 16.5. The second-order valence-electron chi connectivity index (χ2n) is 7.81. The zero-order valence-corrected chi connectivity index (χ0v) is 18.7. The quantitative estimate of drug-likeness (QED) is 0.313. The van der Waals surface area contributed by atoms with Crippen molar-refractivity contribution >= 4 is 45.6 Å². The largest absolute Gasteiger partial charge is 0.378 e. The third kappa shape index (κ3) is 4.30. The van der Waals surface area contributed by atoms with Crippen molar-refractivity contribution in [2.24, 2.45) is 0 Å². The van der Waals surface area contributed by atoms with Gasteiger partial charge in [0, 0.05) is 36.5 Å². The molecule has 2 heterocycles. The average Bonchev–Trinajstić information content (AvgIpc) is 3.27. The normalized spacial score (nSPS) is 13.7. The number of aromatic amines is 1. The maximum absolute atomic E-state index is 13.2. The molecule has 1 aromatic heterocycles. The number of nitro benzene ring substituents is 1. The van der Waals surface area contributed by atoms with E-state index in [0.717, 1.165) is 16.6 Å². The number of imidazole rings is 1. The van der Waals surface area contributed by atoms with Gasteiger partial charge in [-0.3, -0.25) is 14.9 Å². The van der Waals surface area contributed by atoms with Crippen molar-refractivity contribution in [3.05, 3.63) is 81.4 Å². The van der Waals surface area contributed by atoms with Crippen molar-refractivity contribution in [2.45, 2.75) is 0 Å². The Morgan fingerprint density at radius 2 is 1.91 bits per heavy atom. The van der Waals surface area contributed by atoms with Crippen LogP contribution in [0.1, 0.15) is 10.4 Å². The molecule has 0 aliphatic carbocycles. The van der Waals surface area contributed by atoms with E-state index in [1.807, 2.05) is 23.1 Å². The minimum Gasteiger partial charge on any atom is -0.378 e. The van der Waals surface area contributed by atoms with E-state index in [1.165, 1.54) is 12.1 Å². The number of rotatable bonds is 5. The summed E-state index contributed by atoms with van der Waals surface area (Å²) in [7, 11) is 0. The number of carbonyl (C=O) groups excluding carboxylic acids is 1. The van der Waals surface area contributed by atoms with Gasteiger partial charge in [-0.2, -0.15) is 0 Å². The number of halogens is 1. The van der Waals surface area contributed by atoms with Gasteiger partial charge in [-0.25, -0.2) is 4.98 Å². The Kier molecular flexibility index (Phi) is 5.87. The van der Waals surface area contributed by atoms with Gasteiger partial charge in [0.1, 0.15) is 5.82 Å². The molecule has 0 saturated carbocycles. The molecule has 1 amide bonds. The standard InChI is InChI=1S/C24H20ClN5O4/c25-19-4-2-1-3-17(19)23-27-20-7-5-15(13-21(20)28-23)26-24(31)18-14-16(30(32)33)6-8-22(18)29-9-11-34-12-10-29/h1-8,13-14H,9-12H2,(H,26,31)(H,27,28). The van der Waals surface area contributed by atoms with Crippen LogP contribution < -0.4 is 10.2 Å². The number of morpholine rings is 1. The number of non-ortho nitro benzene ring substituents is 1. The minimum absolute atomic E-state index is 0.143. The van der Waals surface area contributed by atoms with E-state index in [2.05, 4.69) is 15.3 Å². The van der Waals surface area contributed by atoms with Gasteiger partial charge in [0.15, 0.2) is 0 Å². The SMILES string of the molecule is O=C(Nc1ccc2nc(-c3ccccc3Cl)[nH]c2c1)c1cc([N+](=O)[O-])ccc1N1CCOCC1. The smallest absolute Gasteiger partial charge is 0.270 e. The second-order valence-corrected chi connectivity index (χ2v) is 8.22. The molecular formula is C24H20ClN5O4. The van der Waals surface area contributed by atoms with Gasteiger partial charge in [-0.1, -0.05) is 23.7 Å². The van der Waals surface area contributed by atoms with Gasteiger partial charge in [-0.15, -0.1) is 0 Å². The summed E-state index contributed by atoms with van der Waals surface area (Å²) in [5.41, 5.74) is 3.48. The van der Waals surface area contributed by atoms with Crippen molar-refractivity contribution in [2.75, 3.05) is 36.5 Å². The fourth-order valence-electron chi connectivity index (χ4n) is 3.97. The Bertz CT molecular complexity index is 1400. The maximum Gasteiger partial charge on any atom is 0.270 e. The Hall–Kier alpha value is -3.95. The van der Waals surface area contributed by atoms with Gasteiger partial charge in [0.25, 0.3) is 11.6 Å². The number of fused-ring (bicyclic) bond motifs is 1. The van der Waals surface area contributed by atoms with E-state index in [0.29, 0.717) is 48.5 Å². The van der Waals surface area contributed by atoms with Crippen LogP contribution in [-0.2, 0) is 4.74 Å². The van der Waals surface area contributed by atoms with Crippen LogP contribution in [0.25, 0.3) is 22.4 Å². The Balaban J connectivity index is 1.45. The Morgan fingerprint density at radius 3 is 2.68 bits per heavy atom. The molecule has 9 nitrogen and oxygen atoms in total. The lowest BCUT2D eigenvalue weighted by molar-refractivity contribution is -0.384. The van der Waals surface area contributed by atoms with Crippen molar-refractivity contribution in [1.82, 2.24) is 9.97 Å². The zero-order chi connectivity index (χ0) is 23.7. The van der Waals surface area contributed by atoms with Crippen molar-refractivity contribution in [1.29, 1.82) is 0 Å². The molecule has 172 valence electrons. The van der Waals surface area contributed by atoms with Gasteiger partial charge in [0.2, 0.25) is 0 Å². The van der Waals surface area contributed by atoms with Gasteiger partial charge in [0.05, 0.1) is 45.4 Å². The van der Waals surface area contributed by atoms with E-state index in [9.17, 15) is 14.9 Å². The molecule has 0 radical (unpaired) electrons. The topological polar surface area (TPSA) is 113 Å². The highest BCUT2D eigenvalue weighted by atomic mass is 35.5. The number of carbonyl (C=O) groups is 1. The lowest BCUT2D eigenvalue weighted by Crippen LogP contribution is -2.37. The number of nitrogens with zero attached hydrogens (tertiary/aromatic N) is 3. The van der Waals surface area contributed by atoms with Gasteiger partial charge < -0.3 is 19.9 Å². The van der Waals surface area contributed by atoms with E-state index in [-0.39, 0.29) is 11.3 Å². The number of hydrogen-bond acceptors (Lipinski definition) is 6. The number of ether oxygens (including phenoxy) is 1. The number of nitrogens with one attached hydrogen (secondary N) is 2. The molecule has 0 unspecified atom stereocenters. The number of nitro groups is 1. The summed E-state index contributed by atoms with van der Waals surface area (Å²) < 4.78 is 5.39. The number of anilines is 2. The van der Waals surface area contributed by atoms with Crippen LogP contribution in [0.2, 0.25) is 5.02 Å². The average molecular weight is 478 g/mol. The van der Waals surface area contributed by atoms with Crippen LogP contribution in [0.15, 0.2) is 60.7 Å². The zero-order valence-electron chi connectivity index (χ0n) is 18.0. The lowest BCUT2D eigenvalue weighted by atomic mass is 10.1. The van der Waals surface area contributed by atoms with Crippen molar-refractivity contribution in [3.8, 4) is 11.4 Å². The van der Waals surface area contributed by atoms with Gasteiger partial charge >= 0.3 is 0 Å². The van der Waals surface area contributed by atoms with Crippen LogP contribution in [0, 0.1) is 10.1 Å². The Labute approximate surface area is 199 Å². The highest BCUT2D eigenvalue weighted by molar-refractivity contribution is 6.33. The first-order valence-electron chi connectivity index (χ1n) is 10.7. The molecule has 0 atom stereocenters. The maximum atomic E-state index is 13.2. The molecule has 10 heteroatoms. The summed E-state index contributed by atoms with van der Waals surface area (Å²) in [4.78, 5) is 33.9. The first-order valence-corrected chi connectivity index (χ1v) is 11.0. The predicted molar refractivity (Wildman–Crippen MR) is 131 cm³/mol. The molecule has 3 aromatic carbocycles. The fraction of sp³-hybridized carbons (Fsp3) is 0.167. The Morgan fingerprint density at radius 1 is 1.12 bits per heavy atom. The summed E-state index contributed by atoms with van der Waals surface area (Å²) in [6.45, 7) is 2.26. The van der Waals surface area contributed by atoms with Crippen LogP contribution in [-0.4, -0.2) is 47.1 Å². The minimum atomic E-state index is -0.507. The number of benzene rings is 3. The highest BCUT2D eigenvalue weighted by Crippen LogP contribution is 2.30. The van der Waals surface area contributed by atoms with Crippen molar-refractivity contribution in [3.63, 3.8) is 0 Å². The molecule has 2 N–H and O–H groups in total. The van der Waals surface area contributed by atoms with Crippen LogP contribution >= 0.6 is 11.6 Å². The van der Waals surface area contributed by atoms with Crippen molar-refractivity contribution < 1.29 is 14.5 Å². The van der Waals surface area contributed by atoms with E-state index >= 15 is 0 Å². The third-order valence-electron chi connectivity index (χ3n) is 5.66. The first kappa shape index (κ1) is 21.9. The molecule has 0 spiro atoms. The lowest BCUT2D eigenvalue weighted by Gasteiger charge is -2.30. The number of H-pyrrole nitrogens is 1. The number of amides is 1. The molecule has 1 fully saturated rings. The molecule has 34 heavy (non-hydrogen) atoms. The molecule has 1 aliphatic heterocycles. The van der Waals surface area contributed by atoms with E-state index in [4.69, 9.17) is 16.3 Å². The number of aromatic nitrogens is 2. The van der Waals surface area contributed by atoms with Gasteiger partial charge in [-0.05, 0) is 36.4 Å². The monoisotopic (exact) mass is 477 g/mol. The molecular weight excluding hydrogens is 458 g/mol. The van der Waals surface area contributed by atoms with E-state index in [1.54, 1.807) is 30.3 Å². The van der Waals surface area contributed by atoms with Crippen LogP contribution in [0.3, 0.4) is 0 Å². The second kappa shape index (κ2) is 9.12. The summed E-state index contributed by atoms with van der Waals surface area (Å²) in [6, 6.07) is 17.0. The summed E-state index contributed by atoms with van der Waals surface area (Å²) in [5.74, 6) is 0.188. The molecule has 5 rings (SSSR count). The molecule has 0 bridgehead atoms.